The van der Waals surface area contributed by atoms with Crippen molar-refractivity contribution in [3.63, 3.8) is 0 Å². The minimum absolute atomic E-state index is 0.226. The van der Waals surface area contributed by atoms with Gasteiger partial charge in [-0.15, -0.1) is 0 Å². The number of benzene rings is 2. The van der Waals surface area contributed by atoms with Gasteiger partial charge in [0.15, 0.2) is 11.5 Å². The lowest BCUT2D eigenvalue weighted by molar-refractivity contribution is 0.0955. The Morgan fingerprint density at radius 3 is 2.72 bits per heavy atom. The zero-order valence-electron chi connectivity index (χ0n) is 14.2. The van der Waals surface area contributed by atoms with E-state index in [0.29, 0.717) is 29.6 Å². The Morgan fingerprint density at radius 2 is 1.96 bits per heavy atom. The summed E-state index contributed by atoms with van der Waals surface area (Å²) in [5, 5.41) is 3.97. The van der Waals surface area contributed by atoms with E-state index in [4.69, 9.17) is 14.2 Å². The minimum atomic E-state index is -0.285. The molecule has 0 atom stereocenters. The molecule has 3 rings (SSSR count). The van der Waals surface area contributed by atoms with Gasteiger partial charge in [-0.25, -0.2) is 5.43 Å². The highest BCUT2D eigenvalue weighted by Crippen LogP contribution is 2.31. The number of fused-ring (bicyclic) bond motifs is 1. The maximum atomic E-state index is 12.1. The molecular formula is C19H20N2O4. The fourth-order valence-electron chi connectivity index (χ4n) is 2.19. The molecular weight excluding hydrogens is 320 g/mol. The number of rotatable bonds is 6. The number of carbonyl (C=O) groups excluding carboxylic acids is 1. The van der Waals surface area contributed by atoms with Gasteiger partial charge in [0, 0.05) is 5.56 Å². The van der Waals surface area contributed by atoms with Gasteiger partial charge in [-0.3, -0.25) is 4.79 Å². The normalized spacial score (nSPS) is 12.6. The summed E-state index contributed by atoms with van der Waals surface area (Å²) in [6.45, 7) is 5.04. The van der Waals surface area contributed by atoms with Crippen LogP contribution in [0.2, 0.25) is 0 Å². The van der Waals surface area contributed by atoms with Crippen molar-refractivity contribution >= 4 is 12.1 Å². The molecule has 0 radical (unpaired) electrons. The smallest absolute Gasteiger partial charge is 0.271 e. The third kappa shape index (κ3) is 4.50. The quantitative estimate of drug-likeness (QED) is 0.647. The van der Waals surface area contributed by atoms with Crippen LogP contribution in [0.15, 0.2) is 47.6 Å². The summed E-state index contributed by atoms with van der Waals surface area (Å²) < 4.78 is 16.1. The molecule has 0 unspecified atom stereocenters. The number of nitrogens with one attached hydrogen (secondary N) is 1. The highest BCUT2D eigenvalue weighted by molar-refractivity contribution is 5.95. The third-order valence-electron chi connectivity index (χ3n) is 3.48. The Kier molecular flexibility index (Phi) is 5.18. The number of ether oxygens (including phenoxy) is 3. The van der Waals surface area contributed by atoms with Crippen LogP contribution in [0.5, 0.6) is 17.2 Å². The number of hydrogen-bond acceptors (Lipinski definition) is 5. The van der Waals surface area contributed by atoms with Crippen LogP contribution in [-0.4, -0.2) is 25.5 Å². The summed E-state index contributed by atoms with van der Waals surface area (Å²) in [4.78, 5) is 12.1. The molecule has 0 saturated carbocycles. The average molecular weight is 340 g/mol. The van der Waals surface area contributed by atoms with Crippen LogP contribution in [0.4, 0.5) is 0 Å². The molecule has 0 aliphatic carbocycles. The van der Waals surface area contributed by atoms with E-state index in [1.807, 2.05) is 6.07 Å². The molecule has 1 aliphatic rings. The SMILES string of the molecule is CC(C)COc1ccc(C(=O)N/N=C\c2ccc3c(c2)OCO3)cc1. The zero-order chi connectivity index (χ0) is 17.6. The van der Waals surface area contributed by atoms with Crippen LogP contribution >= 0.6 is 0 Å². The molecule has 2 aromatic carbocycles. The van der Waals surface area contributed by atoms with Gasteiger partial charge in [0.25, 0.3) is 5.91 Å². The van der Waals surface area contributed by atoms with Crippen LogP contribution < -0.4 is 19.6 Å². The van der Waals surface area contributed by atoms with Gasteiger partial charge in [0.1, 0.15) is 5.75 Å². The van der Waals surface area contributed by atoms with Crippen molar-refractivity contribution in [2.45, 2.75) is 13.8 Å². The van der Waals surface area contributed by atoms with E-state index >= 15 is 0 Å². The summed E-state index contributed by atoms with van der Waals surface area (Å²) in [6.07, 6.45) is 1.56. The first kappa shape index (κ1) is 16.8. The second-order valence-electron chi connectivity index (χ2n) is 6.04. The molecule has 0 fully saturated rings. The monoisotopic (exact) mass is 340 g/mol. The summed E-state index contributed by atoms with van der Waals surface area (Å²) in [5.41, 5.74) is 3.82. The van der Waals surface area contributed by atoms with Crippen molar-refractivity contribution in [3.8, 4) is 17.2 Å². The molecule has 1 heterocycles. The number of amides is 1. The van der Waals surface area contributed by atoms with Gasteiger partial charge < -0.3 is 14.2 Å². The van der Waals surface area contributed by atoms with Crippen LogP contribution in [0.25, 0.3) is 0 Å². The van der Waals surface area contributed by atoms with E-state index in [2.05, 4.69) is 24.4 Å². The van der Waals surface area contributed by atoms with Gasteiger partial charge in [-0.05, 0) is 53.9 Å². The Labute approximate surface area is 146 Å². The van der Waals surface area contributed by atoms with Crippen molar-refractivity contribution in [1.82, 2.24) is 5.43 Å². The largest absolute Gasteiger partial charge is 0.493 e. The van der Waals surface area contributed by atoms with Crippen molar-refractivity contribution < 1.29 is 19.0 Å². The lowest BCUT2D eigenvalue weighted by Crippen LogP contribution is -2.17. The van der Waals surface area contributed by atoms with E-state index in [1.54, 1.807) is 42.6 Å². The van der Waals surface area contributed by atoms with Crippen molar-refractivity contribution in [2.24, 2.45) is 11.0 Å². The number of nitrogens with zero attached hydrogens (tertiary/aromatic N) is 1. The van der Waals surface area contributed by atoms with E-state index in [0.717, 1.165) is 11.3 Å². The van der Waals surface area contributed by atoms with Crippen LogP contribution in [0.1, 0.15) is 29.8 Å². The maximum Gasteiger partial charge on any atom is 0.271 e. The Hall–Kier alpha value is -3.02. The molecule has 1 aliphatic heterocycles. The molecule has 0 saturated heterocycles. The van der Waals surface area contributed by atoms with Crippen LogP contribution in [-0.2, 0) is 0 Å². The first-order valence-electron chi connectivity index (χ1n) is 8.08. The summed E-state index contributed by atoms with van der Waals surface area (Å²) in [5.74, 6) is 2.29. The van der Waals surface area contributed by atoms with E-state index in [-0.39, 0.29) is 12.7 Å². The summed E-state index contributed by atoms with van der Waals surface area (Å²) in [7, 11) is 0. The fraction of sp³-hybridized carbons (Fsp3) is 0.263. The van der Waals surface area contributed by atoms with Gasteiger partial charge in [-0.1, -0.05) is 13.8 Å². The zero-order valence-corrected chi connectivity index (χ0v) is 14.2. The number of hydrazone groups is 1. The molecule has 2 aromatic rings. The third-order valence-corrected chi connectivity index (χ3v) is 3.48. The van der Waals surface area contributed by atoms with Crippen molar-refractivity contribution in [2.75, 3.05) is 13.4 Å². The van der Waals surface area contributed by atoms with Crippen molar-refractivity contribution in [1.29, 1.82) is 0 Å². The van der Waals surface area contributed by atoms with Gasteiger partial charge in [0.05, 0.1) is 12.8 Å². The van der Waals surface area contributed by atoms with Crippen molar-refractivity contribution in [3.05, 3.63) is 53.6 Å². The Morgan fingerprint density at radius 1 is 1.20 bits per heavy atom. The van der Waals surface area contributed by atoms with E-state index in [1.165, 1.54) is 0 Å². The maximum absolute atomic E-state index is 12.1. The van der Waals surface area contributed by atoms with Gasteiger partial charge >= 0.3 is 0 Å². The topological polar surface area (TPSA) is 69.2 Å². The first-order chi connectivity index (χ1) is 12.1. The standard InChI is InChI=1S/C19H20N2O4/c1-13(2)11-23-16-6-4-15(5-7-16)19(22)21-20-10-14-3-8-17-18(9-14)25-12-24-17/h3-10,13H,11-12H2,1-2H3,(H,21,22)/b20-10-. The van der Waals surface area contributed by atoms with E-state index in [9.17, 15) is 4.79 Å². The Balaban J connectivity index is 1.55. The van der Waals surface area contributed by atoms with E-state index < -0.39 is 0 Å². The second-order valence-corrected chi connectivity index (χ2v) is 6.04. The number of hydrogen-bond donors (Lipinski definition) is 1. The summed E-state index contributed by atoms with van der Waals surface area (Å²) >= 11 is 0. The molecule has 0 aromatic heterocycles. The predicted molar refractivity (Wildman–Crippen MR) is 94.4 cm³/mol. The molecule has 1 amide bonds. The van der Waals surface area contributed by atoms with Gasteiger partial charge in [0.2, 0.25) is 6.79 Å². The van der Waals surface area contributed by atoms with Gasteiger partial charge in [-0.2, -0.15) is 5.10 Å². The molecule has 6 nitrogen and oxygen atoms in total. The lowest BCUT2D eigenvalue weighted by Gasteiger charge is -2.08. The molecule has 130 valence electrons. The molecule has 0 bridgehead atoms. The highest BCUT2D eigenvalue weighted by Gasteiger charge is 2.12. The molecule has 25 heavy (non-hydrogen) atoms. The molecule has 6 heteroatoms. The predicted octanol–water partition coefficient (Wildman–Crippen LogP) is 3.21. The lowest BCUT2D eigenvalue weighted by atomic mass is 10.2. The Bertz CT molecular complexity index is 769. The highest BCUT2D eigenvalue weighted by atomic mass is 16.7. The molecule has 0 spiro atoms. The molecule has 1 N–H and O–H groups in total. The van der Waals surface area contributed by atoms with Crippen LogP contribution in [0.3, 0.4) is 0 Å². The first-order valence-corrected chi connectivity index (χ1v) is 8.08. The average Bonchev–Trinajstić information content (AvgIpc) is 3.08. The minimum Gasteiger partial charge on any atom is -0.493 e. The summed E-state index contributed by atoms with van der Waals surface area (Å²) in [6, 6.07) is 12.4. The fourth-order valence-corrected chi connectivity index (χ4v) is 2.19. The second kappa shape index (κ2) is 7.70. The number of carbonyl (C=O) groups is 1. The van der Waals surface area contributed by atoms with Crippen LogP contribution in [0, 0.1) is 5.92 Å².